The number of benzene rings is 1. The van der Waals surface area contributed by atoms with Crippen LogP contribution in [0.5, 0.6) is 0 Å². The number of aryl methyl sites for hydroxylation is 1. The Morgan fingerprint density at radius 2 is 1.76 bits per heavy atom. The van der Waals surface area contributed by atoms with Gasteiger partial charge in [0.25, 0.3) is 5.91 Å². The summed E-state index contributed by atoms with van der Waals surface area (Å²) in [6.07, 6.45) is 2.82. The van der Waals surface area contributed by atoms with Crippen LogP contribution in [0.4, 0.5) is 5.69 Å². The molecule has 2 heterocycles. The van der Waals surface area contributed by atoms with Crippen LogP contribution in [0.25, 0.3) is 0 Å². The van der Waals surface area contributed by atoms with Crippen molar-refractivity contribution in [3.63, 3.8) is 0 Å². The number of carbonyl (C=O) groups excluding carboxylic acids is 1. The Labute approximate surface area is 150 Å². The summed E-state index contributed by atoms with van der Waals surface area (Å²) >= 11 is 0. The molecular weight excluding hydrogens is 338 g/mol. The van der Waals surface area contributed by atoms with Crippen LogP contribution in [0.2, 0.25) is 0 Å². The predicted molar refractivity (Wildman–Crippen MR) is 99.6 cm³/mol. The molecule has 0 saturated carbocycles. The average Bonchev–Trinajstić information content (AvgIpc) is 2.59. The molecule has 0 N–H and O–H groups in total. The maximum atomic E-state index is 12.8. The smallest absolute Gasteiger partial charge is 0.253 e. The van der Waals surface area contributed by atoms with Gasteiger partial charge in [-0.2, -0.15) is 0 Å². The van der Waals surface area contributed by atoms with Crippen molar-refractivity contribution in [2.24, 2.45) is 0 Å². The molecule has 1 amide bonds. The lowest BCUT2D eigenvalue weighted by Gasteiger charge is -2.37. The van der Waals surface area contributed by atoms with E-state index in [0.29, 0.717) is 18.2 Å². The van der Waals surface area contributed by atoms with Crippen molar-refractivity contribution in [3.8, 4) is 0 Å². The Morgan fingerprint density at radius 1 is 1.08 bits per heavy atom. The minimum absolute atomic E-state index is 0.0442. The molecule has 0 aromatic heterocycles. The number of sulfonamides is 1. The number of carbonyl (C=O) groups is 1. The van der Waals surface area contributed by atoms with Crippen LogP contribution >= 0.6 is 0 Å². The maximum absolute atomic E-state index is 12.8. The zero-order valence-electron chi connectivity index (χ0n) is 15.2. The van der Waals surface area contributed by atoms with Gasteiger partial charge in [0, 0.05) is 44.3 Å². The molecule has 1 aromatic rings. The van der Waals surface area contributed by atoms with E-state index < -0.39 is 10.0 Å². The molecule has 0 unspecified atom stereocenters. The van der Waals surface area contributed by atoms with Crippen LogP contribution < -0.4 is 4.31 Å². The van der Waals surface area contributed by atoms with Gasteiger partial charge in [-0.3, -0.25) is 14.0 Å². The lowest BCUT2D eigenvalue weighted by molar-refractivity contribution is 0.0595. The van der Waals surface area contributed by atoms with Gasteiger partial charge in [-0.05, 0) is 50.5 Å². The third-order valence-corrected chi connectivity index (χ3v) is 6.31. The van der Waals surface area contributed by atoms with Gasteiger partial charge in [0.1, 0.15) is 0 Å². The van der Waals surface area contributed by atoms with Gasteiger partial charge in [-0.1, -0.05) is 0 Å². The molecule has 0 bridgehead atoms. The molecule has 2 aliphatic heterocycles. The van der Waals surface area contributed by atoms with Crippen LogP contribution in [0, 0.1) is 0 Å². The third kappa shape index (κ3) is 3.82. The van der Waals surface area contributed by atoms with Crippen LogP contribution in [0.15, 0.2) is 18.2 Å². The first-order valence-electron chi connectivity index (χ1n) is 8.91. The van der Waals surface area contributed by atoms with E-state index in [1.165, 1.54) is 10.6 Å². The minimum atomic E-state index is -3.27. The molecular formula is C18H27N3O3S. The summed E-state index contributed by atoms with van der Waals surface area (Å²) in [6, 6.07) is 5.93. The molecule has 25 heavy (non-hydrogen) atoms. The highest BCUT2D eigenvalue weighted by Gasteiger charge is 2.27. The molecule has 3 rings (SSSR count). The molecule has 0 atom stereocenters. The monoisotopic (exact) mass is 365 g/mol. The number of nitrogens with zero attached hydrogens (tertiary/aromatic N) is 3. The van der Waals surface area contributed by atoms with Crippen molar-refractivity contribution in [1.29, 1.82) is 0 Å². The van der Waals surface area contributed by atoms with E-state index in [-0.39, 0.29) is 5.91 Å². The molecule has 1 aromatic carbocycles. The van der Waals surface area contributed by atoms with Crippen molar-refractivity contribution in [1.82, 2.24) is 9.80 Å². The van der Waals surface area contributed by atoms with Crippen molar-refractivity contribution in [2.75, 3.05) is 43.3 Å². The number of fused-ring (bicyclic) bond motifs is 1. The number of hydrogen-bond donors (Lipinski definition) is 0. The fourth-order valence-corrected chi connectivity index (χ4v) is 4.66. The molecule has 138 valence electrons. The Kier molecular flexibility index (Phi) is 5.06. The second-order valence-electron chi connectivity index (χ2n) is 7.20. The highest BCUT2D eigenvalue weighted by molar-refractivity contribution is 7.92. The van der Waals surface area contributed by atoms with Crippen molar-refractivity contribution >= 4 is 21.6 Å². The van der Waals surface area contributed by atoms with Crippen molar-refractivity contribution in [2.45, 2.75) is 32.7 Å². The summed E-state index contributed by atoms with van der Waals surface area (Å²) in [5.41, 5.74) is 2.32. The molecule has 1 saturated heterocycles. The van der Waals surface area contributed by atoms with Crippen LogP contribution in [0.1, 0.15) is 36.2 Å². The average molecular weight is 365 g/mol. The number of anilines is 1. The highest BCUT2D eigenvalue weighted by Crippen LogP contribution is 2.30. The van der Waals surface area contributed by atoms with Gasteiger partial charge in [0.15, 0.2) is 0 Å². The lowest BCUT2D eigenvalue weighted by atomic mass is 10.00. The maximum Gasteiger partial charge on any atom is 0.253 e. The Balaban J connectivity index is 1.77. The van der Waals surface area contributed by atoms with Gasteiger partial charge in [-0.15, -0.1) is 0 Å². The van der Waals surface area contributed by atoms with E-state index in [9.17, 15) is 13.2 Å². The van der Waals surface area contributed by atoms with Crippen LogP contribution in [-0.4, -0.2) is 69.1 Å². The highest BCUT2D eigenvalue weighted by atomic mass is 32.2. The number of piperazine rings is 1. The van der Waals surface area contributed by atoms with E-state index >= 15 is 0 Å². The van der Waals surface area contributed by atoms with Gasteiger partial charge in [0.2, 0.25) is 10.0 Å². The fraction of sp³-hybridized carbons (Fsp3) is 0.611. The van der Waals surface area contributed by atoms with E-state index in [0.717, 1.165) is 50.3 Å². The molecule has 0 radical (unpaired) electrons. The lowest BCUT2D eigenvalue weighted by Crippen LogP contribution is -2.50. The minimum Gasteiger partial charge on any atom is -0.336 e. The number of amides is 1. The van der Waals surface area contributed by atoms with E-state index in [1.54, 1.807) is 12.1 Å². The summed E-state index contributed by atoms with van der Waals surface area (Å²) in [5, 5.41) is 0. The number of rotatable bonds is 3. The first-order valence-corrected chi connectivity index (χ1v) is 10.8. The van der Waals surface area contributed by atoms with Gasteiger partial charge >= 0.3 is 0 Å². The Hall–Kier alpha value is -1.60. The molecule has 0 spiro atoms. The van der Waals surface area contributed by atoms with Crippen molar-refractivity contribution in [3.05, 3.63) is 29.3 Å². The first kappa shape index (κ1) is 18.2. The second kappa shape index (κ2) is 6.96. The Morgan fingerprint density at radius 3 is 2.36 bits per heavy atom. The number of hydrogen-bond acceptors (Lipinski definition) is 4. The zero-order valence-corrected chi connectivity index (χ0v) is 16.1. The third-order valence-electron chi connectivity index (χ3n) is 5.13. The molecule has 1 fully saturated rings. The van der Waals surface area contributed by atoms with Crippen LogP contribution in [0.3, 0.4) is 0 Å². The summed E-state index contributed by atoms with van der Waals surface area (Å²) in [6.45, 7) is 8.14. The molecule has 7 heteroatoms. The fourth-order valence-electron chi connectivity index (χ4n) is 3.66. The first-order chi connectivity index (χ1) is 11.8. The SMILES string of the molecule is CC(C)N1CCN(C(=O)c2ccc3c(c2)CCCN3S(C)(=O)=O)CC1. The summed E-state index contributed by atoms with van der Waals surface area (Å²) in [4.78, 5) is 17.1. The van der Waals surface area contributed by atoms with Gasteiger partial charge < -0.3 is 4.90 Å². The molecule has 0 aliphatic carbocycles. The largest absolute Gasteiger partial charge is 0.336 e. The van der Waals surface area contributed by atoms with Gasteiger partial charge in [0.05, 0.1) is 11.9 Å². The summed E-state index contributed by atoms with van der Waals surface area (Å²) < 4.78 is 25.3. The van der Waals surface area contributed by atoms with Crippen LogP contribution in [-0.2, 0) is 16.4 Å². The predicted octanol–water partition coefficient (Wildman–Crippen LogP) is 1.57. The standard InChI is InChI=1S/C18H27N3O3S/c1-14(2)19-9-11-20(12-10-19)18(22)16-6-7-17-15(13-16)5-4-8-21(17)25(3,23)24/h6-7,13-14H,4-5,8-12H2,1-3H3. The van der Waals surface area contributed by atoms with E-state index in [2.05, 4.69) is 18.7 Å². The quantitative estimate of drug-likeness (QED) is 0.816. The topological polar surface area (TPSA) is 60.9 Å². The zero-order chi connectivity index (χ0) is 18.2. The summed E-state index contributed by atoms with van der Waals surface area (Å²) in [5.74, 6) is 0.0442. The van der Waals surface area contributed by atoms with Crippen molar-refractivity contribution < 1.29 is 13.2 Å². The molecule has 6 nitrogen and oxygen atoms in total. The Bertz CT molecular complexity index is 753. The van der Waals surface area contributed by atoms with E-state index in [4.69, 9.17) is 0 Å². The normalized spacial score (nSPS) is 19.2. The van der Waals surface area contributed by atoms with Gasteiger partial charge in [-0.25, -0.2) is 8.42 Å². The second-order valence-corrected chi connectivity index (χ2v) is 9.11. The molecule has 2 aliphatic rings. The van der Waals surface area contributed by atoms with E-state index in [1.807, 2.05) is 11.0 Å². The summed E-state index contributed by atoms with van der Waals surface area (Å²) in [7, 11) is -3.27.